The fourth-order valence-corrected chi connectivity index (χ4v) is 3.15. The summed E-state index contributed by atoms with van der Waals surface area (Å²) in [5, 5.41) is 2.75. The smallest absolute Gasteiger partial charge is 0.274 e. The second kappa shape index (κ2) is 6.95. The van der Waals surface area contributed by atoms with Crippen LogP contribution in [-0.4, -0.2) is 31.3 Å². The highest BCUT2D eigenvalue weighted by atomic mass is 32.2. The highest BCUT2D eigenvalue weighted by Crippen LogP contribution is 2.20. The molecule has 1 aromatic carbocycles. The molecular formula is C16H20N2O4S. The molecule has 1 heterocycles. The SMILES string of the molecule is CC(C)c1ocnc1C(=O)N[C@H](CS(C)(=O)=O)c1ccccc1. The van der Waals surface area contributed by atoms with Gasteiger partial charge in [0.25, 0.3) is 5.91 Å². The van der Waals surface area contributed by atoms with Crippen LogP contribution in [0.4, 0.5) is 0 Å². The normalized spacial score (nSPS) is 13.0. The first-order valence-corrected chi connectivity index (χ1v) is 9.31. The Balaban J connectivity index is 2.27. The molecule has 2 rings (SSSR count). The molecule has 0 aliphatic carbocycles. The summed E-state index contributed by atoms with van der Waals surface area (Å²) in [7, 11) is -3.27. The summed E-state index contributed by atoms with van der Waals surface area (Å²) in [5.41, 5.74) is 0.912. The van der Waals surface area contributed by atoms with Crippen molar-refractivity contribution >= 4 is 15.7 Å². The molecule has 2 aromatic rings. The molecule has 0 saturated carbocycles. The molecule has 0 aliphatic rings. The van der Waals surface area contributed by atoms with Gasteiger partial charge in [-0.2, -0.15) is 0 Å². The first kappa shape index (κ1) is 17.2. The number of oxazole rings is 1. The zero-order valence-corrected chi connectivity index (χ0v) is 14.1. The highest BCUT2D eigenvalue weighted by Gasteiger charge is 2.24. The van der Waals surface area contributed by atoms with Crippen LogP contribution in [0.5, 0.6) is 0 Å². The van der Waals surface area contributed by atoms with Crippen molar-refractivity contribution in [1.82, 2.24) is 10.3 Å². The molecule has 1 atom stereocenters. The van der Waals surface area contributed by atoms with E-state index in [9.17, 15) is 13.2 Å². The third-order valence-electron chi connectivity index (χ3n) is 3.31. The van der Waals surface area contributed by atoms with Crippen molar-refractivity contribution in [3.8, 4) is 0 Å². The first-order chi connectivity index (χ1) is 10.8. The van der Waals surface area contributed by atoms with Gasteiger partial charge in [-0.05, 0) is 5.56 Å². The number of amides is 1. The Bertz CT molecular complexity index is 766. The first-order valence-electron chi connectivity index (χ1n) is 7.25. The molecule has 1 N–H and O–H groups in total. The van der Waals surface area contributed by atoms with Crippen LogP contribution >= 0.6 is 0 Å². The van der Waals surface area contributed by atoms with E-state index in [0.29, 0.717) is 5.76 Å². The summed E-state index contributed by atoms with van der Waals surface area (Å²) in [4.78, 5) is 16.4. The Labute approximate surface area is 135 Å². The maximum absolute atomic E-state index is 12.5. The minimum absolute atomic E-state index is 0.00309. The van der Waals surface area contributed by atoms with Crippen LogP contribution in [0, 0.1) is 0 Å². The standard InChI is InChI=1S/C16H20N2O4S/c1-11(2)15-14(17-10-22-15)16(19)18-13(9-23(3,20)21)12-7-5-4-6-8-12/h4-8,10-11,13H,9H2,1-3H3,(H,18,19)/t13-/m1/s1. The summed E-state index contributed by atoms with van der Waals surface area (Å²) < 4.78 is 28.6. The van der Waals surface area contributed by atoms with Gasteiger partial charge in [0, 0.05) is 12.2 Å². The van der Waals surface area contributed by atoms with E-state index >= 15 is 0 Å². The van der Waals surface area contributed by atoms with Gasteiger partial charge < -0.3 is 9.73 Å². The quantitative estimate of drug-likeness (QED) is 0.874. The van der Waals surface area contributed by atoms with E-state index in [-0.39, 0.29) is 17.4 Å². The fraction of sp³-hybridized carbons (Fsp3) is 0.375. The predicted octanol–water partition coefficient (Wildman–Crippen LogP) is 2.31. The van der Waals surface area contributed by atoms with Crippen LogP contribution in [0.1, 0.15) is 47.6 Å². The topological polar surface area (TPSA) is 89.3 Å². The van der Waals surface area contributed by atoms with Crippen molar-refractivity contribution in [1.29, 1.82) is 0 Å². The number of hydrogen-bond donors (Lipinski definition) is 1. The van der Waals surface area contributed by atoms with E-state index in [4.69, 9.17) is 4.42 Å². The molecule has 23 heavy (non-hydrogen) atoms. The summed E-state index contributed by atoms with van der Waals surface area (Å²) >= 11 is 0. The molecule has 0 unspecified atom stereocenters. The van der Waals surface area contributed by atoms with E-state index in [2.05, 4.69) is 10.3 Å². The number of nitrogens with zero attached hydrogens (tertiary/aromatic N) is 1. The molecule has 7 heteroatoms. The average Bonchev–Trinajstić information content (AvgIpc) is 2.96. The zero-order valence-electron chi connectivity index (χ0n) is 13.3. The van der Waals surface area contributed by atoms with Crippen LogP contribution < -0.4 is 5.32 Å². The third kappa shape index (κ3) is 4.66. The summed E-state index contributed by atoms with van der Waals surface area (Å²) in [6, 6.07) is 8.34. The number of aromatic nitrogens is 1. The molecule has 1 amide bonds. The van der Waals surface area contributed by atoms with Crippen molar-refractivity contribution in [2.75, 3.05) is 12.0 Å². The number of carbonyl (C=O) groups excluding carboxylic acids is 1. The largest absolute Gasteiger partial charge is 0.447 e. The van der Waals surface area contributed by atoms with Gasteiger partial charge in [0.2, 0.25) is 0 Å². The lowest BCUT2D eigenvalue weighted by molar-refractivity contribution is 0.0933. The van der Waals surface area contributed by atoms with Gasteiger partial charge in [0.05, 0.1) is 11.8 Å². The van der Waals surface area contributed by atoms with Gasteiger partial charge in [0.15, 0.2) is 12.1 Å². The van der Waals surface area contributed by atoms with Crippen LogP contribution in [0.2, 0.25) is 0 Å². The van der Waals surface area contributed by atoms with Crippen LogP contribution in [-0.2, 0) is 9.84 Å². The molecule has 124 valence electrons. The predicted molar refractivity (Wildman–Crippen MR) is 87.0 cm³/mol. The lowest BCUT2D eigenvalue weighted by atomic mass is 10.1. The number of benzene rings is 1. The van der Waals surface area contributed by atoms with E-state index in [1.807, 2.05) is 19.9 Å². The van der Waals surface area contributed by atoms with Gasteiger partial charge in [-0.1, -0.05) is 44.2 Å². The second-order valence-electron chi connectivity index (χ2n) is 5.75. The molecule has 6 nitrogen and oxygen atoms in total. The van der Waals surface area contributed by atoms with Crippen molar-refractivity contribution in [2.24, 2.45) is 0 Å². The Hall–Kier alpha value is -2.15. The number of rotatable bonds is 6. The zero-order chi connectivity index (χ0) is 17.0. The monoisotopic (exact) mass is 336 g/mol. The molecule has 0 spiro atoms. The second-order valence-corrected chi connectivity index (χ2v) is 7.93. The van der Waals surface area contributed by atoms with Gasteiger partial charge in [0.1, 0.15) is 15.6 Å². The van der Waals surface area contributed by atoms with Gasteiger partial charge in [-0.15, -0.1) is 0 Å². The number of carbonyl (C=O) groups is 1. The minimum Gasteiger partial charge on any atom is -0.447 e. The fourth-order valence-electron chi connectivity index (χ4n) is 2.27. The number of nitrogens with one attached hydrogen (secondary N) is 1. The molecule has 0 bridgehead atoms. The van der Waals surface area contributed by atoms with Crippen molar-refractivity contribution < 1.29 is 17.6 Å². The third-order valence-corrected chi connectivity index (χ3v) is 4.25. The molecule has 1 aromatic heterocycles. The van der Waals surface area contributed by atoms with Gasteiger partial charge in [-0.3, -0.25) is 4.79 Å². The number of sulfone groups is 1. The lowest BCUT2D eigenvalue weighted by Gasteiger charge is -2.18. The van der Waals surface area contributed by atoms with E-state index in [1.165, 1.54) is 6.39 Å². The van der Waals surface area contributed by atoms with Crippen LogP contribution in [0.3, 0.4) is 0 Å². The Kier molecular flexibility index (Phi) is 5.20. The summed E-state index contributed by atoms with van der Waals surface area (Å²) in [6.45, 7) is 3.78. The molecule has 0 aliphatic heterocycles. The van der Waals surface area contributed by atoms with Crippen molar-refractivity contribution in [2.45, 2.75) is 25.8 Å². The lowest BCUT2D eigenvalue weighted by Crippen LogP contribution is -2.33. The van der Waals surface area contributed by atoms with E-state index in [1.54, 1.807) is 24.3 Å². The summed E-state index contributed by atoms with van der Waals surface area (Å²) in [5.74, 6) is -0.144. The van der Waals surface area contributed by atoms with Crippen molar-refractivity contribution in [3.63, 3.8) is 0 Å². The van der Waals surface area contributed by atoms with Crippen LogP contribution in [0.15, 0.2) is 41.1 Å². The maximum atomic E-state index is 12.5. The summed E-state index contributed by atoms with van der Waals surface area (Å²) in [6.07, 6.45) is 2.36. The molecule has 0 fully saturated rings. The average molecular weight is 336 g/mol. The van der Waals surface area contributed by atoms with Gasteiger partial charge >= 0.3 is 0 Å². The number of hydrogen-bond acceptors (Lipinski definition) is 5. The Morgan fingerprint density at radius 1 is 1.26 bits per heavy atom. The minimum atomic E-state index is -3.27. The van der Waals surface area contributed by atoms with Crippen molar-refractivity contribution in [3.05, 3.63) is 53.7 Å². The highest BCUT2D eigenvalue weighted by molar-refractivity contribution is 7.90. The van der Waals surface area contributed by atoms with E-state index < -0.39 is 21.8 Å². The Morgan fingerprint density at radius 3 is 2.48 bits per heavy atom. The molecule has 0 saturated heterocycles. The molecular weight excluding hydrogens is 316 g/mol. The van der Waals surface area contributed by atoms with Gasteiger partial charge in [-0.25, -0.2) is 13.4 Å². The Morgan fingerprint density at radius 2 is 1.91 bits per heavy atom. The molecule has 0 radical (unpaired) electrons. The maximum Gasteiger partial charge on any atom is 0.274 e. The van der Waals surface area contributed by atoms with E-state index in [0.717, 1.165) is 11.8 Å². The van der Waals surface area contributed by atoms with Crippen LogP contribution in [0.25, 0.3) is 0 Å².